The number of carbonyl (C=O) groups is 1. The van der Waals surface area contributed by atoms with Gasteiger partial charge in [-0.25, -0.2) is 4.79 Å². The van der Waals surface area contributed by atoms with Crippen molar-refractivity contribution in [3.63, 3.8) is 0 Å². The third-order valence-corrected chi connectivity index (χ3v) is 2.99. The first-order valence-electron chi connectivity index (χ1n) is 5.59. The number of benzene rings is 1. The molecule has 0 saturated carbocycles. The van der Waals surface area contributed by atoms with Crippen LogP contribution < -0.4 is 0 Å². The van der Waals surface area contributed by atoms with E-state index >= 15 is 0 Å². The van der Waals surface area contributed by atoms with Crippen LogP contribution in [0.1, 0.15) is 42.1 Å². The van der Waals surface area contributed by atoms with Crippen LogP contribution in [0.25, 0.3) is 0 Å². The van der Waals surface area contributed by atoms with Gasteiger partial charge in [0.15, 0.2) is 0 Å². The van der Waals surface area contributed by atoms with Crippen molar-refractivity contribution in [1.29, 1.82) is 0 Å². The third-order valence-electron chi connectivity index (χ3n) is 2.99. The van der Waals surface area contributed by atoms with E-state index in [4.69, 9.17) is 4.74 Å². The Morgan fingerprint density at radius 1 is 1.41 bits per heavy atom. The van der Waals surface area contributed by atoms with Crippen molar-refractivity contribution in [2.75, 3.05) is 0 Å². The molecule has 1 aliphatic heterocycles. The number of hydrogen-bond acceptors (Lipinski definition) is 4. The van der Waals surface area contributed by atoms with E-state index < -0.39 is 16.6 Å². The molecule has 1 aromatic carbocycles. The topological polar surface area (TPSA) is 69.4 Å². The number of fused-ring (bicyclic) bond motifs is 1. The van der Waals surface area contributed by atoms with Gasteiger partial charge in [-0.2, -0.15) is 0 Å². The highest BCUT2D eigenvalue weighted by atomic mass is 16.7. The minimum Gasteiger partial charge on any atom is -0.388 e. The minimum absolute atomic E-state index is 0.221. The lowest BCUT2D eigenvalue weighted by Crippen LogP contribution is -2.35. The van der Waals surface area contributed by atoms with Crippen LogP contribution in [-0.2, 0) is 10.5 Å². The zero-order valence-electron chi connectivity index (χ0n) is 9.51. The van der Waals surface area contributed by atoms with E-state index in [1.807, 2.05) is 6.92 Å². The van der Waals surface area contributed by atoms with Gasteiger partial charge >= 0.3 is 11.7 Å². The highest BCUT2D eigenvalue weighted by Crippen LogP contribution is 2.40. The molecular formula is C12H13NO4. The number of nitrogens with zero attached hydrogens (tertiary/aromatic N) is 1. The molecule has 5 heteroatoms. The Kier molecular flexibility index (Phi) is 2.83. The Morgan fingerprint density at radius 3 is 2.76 bits per heavy atom. The van der Waals surface area contributed by atoms with Crippen molar-refractivity contribution in [3.05, 3.63) is 45.5 Å². The van der Waals surface area contributed by atoms with Gasteiger partial charge in [0.25, 0.3) is 0 Å². The summed E-state index contributed by atoms with van der Waals surface area (Å²) in [6.07, 6.45) is 1.68. The Labute approximate surface area is 98.5 Å². The molecule has 1 aliphatic rings. The smallest absolute Gasteiger partial charge is 0.388 e. The Hall–Kier alpha value is -1.91. The molecule has 1 atom stereocenters. The standard InChI is InChI=1S/C12H13NO4/c1-2-3-8-12(13(15)16)10-7-5-4-6-9(10)11(14)17-12/h4-7H,2-3,8H2,1H3. The number of cyclic esters (lactones) is 1. The molecule has 90 valence electrons. The van der Waals surface area contributed by atoms with E-state index in [9.17, 15) is 14.9 Å². The Balaban J connectivity index is 2.49. The van der Waals surface area contributed by atoms with Crippen molar-refractivity contribution < 1.29 is 14.5 Å². The third kappa shape index (κ3) is 1.67. The predicted molar refractivity (Wildman–Crippen MR) is 60.1 cm³/mol. The molecule has 1 heterocycles. The van der Waals surface area contributed by atoms with Gasteiger partial charge in [0, 0.05) is 0 Å². The summed E-state index contributed by atoms with van der Waals surface area (Å²) in [7, 11) is 0. The van der Waals surface area contributed by atoms with Crippen LogP contribution in [0.2, 0.25) is 0 Å². The minimum atomic E-state index is -1.68. The summed E-state index contributed by atoms with van der Waals surface area (Å²) in [5.41, 5.74) is -0.993. The van der Waals surface area contributed by atoms with Crippen molar-refractivity contribution in [2.24, 2.45) is 0 Å². The Bertz CT molecular complexity index is 471. The van der Waals surface area contributed by atoms with Crippen LogP contribution in [0.4, 0.5) is 0 Å². The second-order valence-corrected chi connectivity index (χ2v) is 4.08. The molecule has 2 rings (SSSR count). The van der Waals surface area contributed by atoms with Gasteiger partial charge in [0.05, 0.1) is 22.5 Å². The predicted octanol–water partition coefficient (Wildman–Crippen LogP) is 2.48. The maximum absolute atomic E-state index is 11.6. The molecule has 0 radical (unpaired) electrons. The van der Waals surface area contributed by atoms with Crippen molar-refractivity contribution in [2.45, 2.75) is 31.9 Å². The van der Waals surface area contributed by atoms with Crippen LogP contribution in [0.15, 0.2) is 24.3 Å². The molecule has 1 unspecified atom stereocenters. The molecule has 0 saturated heterocycles. The number of ether oxygens (including phenoxy) is 1. The number of rotatable bonds is 4. The lowest BCUT2D eigenvalue weighted by molar-refractivity contribution is -0.631. The van der Waals surface area contributed by atoms with Crippen LogP contribution in [0.5, 0.6) is 0 Å². The van der Waals surface area contributed by atoms with E-state index in [0.29, 0.717) is 17.5 Å². The normalized spacial score (nSPS) is 22.1. The summed E-state index contributed by atoms with van der Waals surface area (Å²) in [6, 6.07) is 6.52. The van der Waals surface area contributed by atoms with Crippen LogP contribution in [0.3, 0.4) is 0 Å². The monoisotopic (exact) mass is 235 g/mol. The summed E-state index contributed by atoms with van der Waals surface area (Å²) < 4.78 is 5.04. The van der Waals surface area contributed by atoms with E-state index in [-0.39, 0.29) is 6.42 Å². The van der Waals surface area contributed by atoms with Gasteiger partial charge in [-0.15, -0.1) is 0 Å². The fourth-order valence-corrected chi connectivity index (χ4v) is 2.09. The number of unbranched alkanes of at least 4 members (excludes halogenated alkanes) is 1. The van der Waals surface area contributed by atoms with Gasteiger partial charge in [0.2, 0.25) is 0 Å². The first-order valence-corrected chi connectivity index (χ1v) is 5.59. The molecule has 0 aromatic heterocycles. The van der Waals surface area contributed by atoms with Gasteiger partial charge in [-0.05, 0) is 18.6 Å². The van der Waals surface area contributed by atoms with E-state index in [2.05, 4.69) is 0 Å². The van der Waals surface area contributed by atoms with Crippen molar-refractivity contribution >= 4 is 5.97 Å². The zero-order valence-corrected chi connectivity index (χ0v) is 9.51. The van der Waals surface area contributed by atoms with Crippen molar-refractivity contribution in [3.8, 4) is 0 Å². The van der Waals surface area contributed by atoms with Crippen LogP contribution in [0, 0.1) is 10.1 Å². The molecule has 0 aliphatic carbocycles. The molecule has 5 nitrogen and oxygen atoms in total. The number of hydrogen-bond donors (Lipinski definition) is 0. The highest BCUT2D eigenvalue weighted by molar-refractivity contribution is 5.94. The number of carbonyl (C=O) groups excluding carboxylic acids is 1. The largest absolute Gasteiger partial charge is 0.393 e. The summed E-state index contributed by atoms with van der Waals surface area (Å²) in [6.45, 7) is 1.94. The number of esters is 1. The summed E-state index contributed by atoms with van der Waals surface area (Å²) >= 11 is 0. The lowest BCUT2D eigenvalue weighted by Gasteiger charge is -2.19. The average Bonchev–Trinajstić information content (AvgIpc) is 2.62. The molecule has 0 bridgehead atoms. The second kappa shape index (κ2) is 4.16. The fraction of sp³-hybridized carbons (Fsp3) is 0.417. The first kappa shape index (κ1) is 11.6. The van der Waals surface area contributed by atoms with E-state index in [1.54, 1.807) is 24.3 Å². The number of nitro groups is 1. The molecule has 0 spiro atoms. The average molecular weight is 235 g/mol. The molecular weight excluding hydrogens is 222 g/mol. The molecule has 17 heavy (non-hydrogen) atoms. The highest BCUT2D eigenvalue weighted by Gasteiger charge is 2.55. The summed E-state index contributed by atoms with van der Waals surface area (Å²) in [5.74, 6) is -0.603. The van der Waals surface area contributed by atoms with Gasteiger partial charge in [-0.1, -0.05) is 25.5 Å². The van der Waals surface area contributed by atoms with Gasteiger partial charge < -0.3 is 4.74 Å². The summed E-state index contributed by atoms with van der Waals surface area (Å²) in [4.78, 5) is 22.4. The SMILES string of the molecule is CCCCC1([N+](=O)[O-])OC(=O)c2ccccc21. The van der Waals surface area contributed by atoms with Gasteiger partial charge in [0.1, 0.15) is 0 Å². The lowest BCUT2D eigenvalue weighted by atomic mass is 9.95. The molecule has 0 amide bonds. The zero-order chi connectivity index (χ0) is 12.5. The summed E-state index contributed by atoms with van der Waals surface area (Å²) in [5, 5.41) is 11.3. The fourth-order valence-electron chi connectivity index (χ4n) is 2.09. The van der Waals surface area contributed by atoms with E-state index in [1.165, 1.54) is 0 Å². The molecule has 0 N–H and O–H groups in total. The van der Waals surface area contributed by atoms with Crippen LogP contribution in [-0.4, -0.2) is 10.9 Å². The van der Waals surface area contributed by atoms with Crippen molar-refractivity contribution in [1.82, 2.24) is 0 Å². The van der Waals surface area contributed by atoms with E-state index in [0.717, 1.165) is 6.42 Å². The molecule has 1 aromatic rings. The maximum Gasteiger partial charge on any atom is 0.393 e. The van der Waals surface area contributed by atoms with Gasteiger partial charge in [-0.3, -0.25) is 10.1 Å². The molecule has 0 fully saturated rings. The maximum atomic E-state index is 11.6. The quantitative estimate of drug-likeness (QED) is 0.456. The Morgan fingerprint density at radius 2 is 2.12 bits per heavy atom. The van der Waals surface area contributed by atoms with Crippen LogP contribution >= 0.6 is 0 Å². The first-order chi connectivity index (χ1) is 8.12. The second-order valence-electron chi connectivity index (χ2n) is 4.08.